The fourth-order valence-corrected chi connectivity index (χ4v) is 2.29. The van der Waals surface area contributed by atoms with Crippen molar-refractivity contribution < 1.29 is 14.3 Å². The van der Waals surface area contributed by atoms with Crippen LogP contribution in [0.1, 0.15) is 11.1 Å². The van der Waals surface area contributed by atoms with Gasteiger partial charge in [0.15, 0.2) is 16.6 Å². The maximum atomic E-state index is 12.0. The van der Waals surface area contributed by atoms with Crippen LogP contribution in [0.15, 0.2) is 48.5 Å². The Balaban J connectivity index is 1.93. The van der Waals surface area contributed by atoms with Crippen LogP contribution in [0.2, 0.25) is 0 Å². The average molecular weight is 367 g/mol. The molecule has 0 radical (unpaired) electrons. The van der Waals surface area contributed by atoms with Crippen molar-refractivity contribution in [2.75, 3.05) is 19.5 Å². The monoisotopic (exact) mass is 367 g/mol. The SMILES string of the molecule is COc1ccc(/C=C/C(=O)NC(=S)Nc2ccc(C#N)cc2)cc1OC. The van der Waals surface area contributed by atoms with E-state index in [1.165, 1.54) is 6.08 Å². The van der Waals surface area contributed by atoms with Gasteiger partial charge in [-0.25, -0.2) is 0 Å². The number of nitriles is 1. The van der Waals surface area contributed by atoms with Crippen molar-refractivity contribution in [1.29, 1.82) is 5.26 Å². The van der Waals surface area contributed by atoms with E-state index >= 15 is 0 Å². The number of hydrogen-bond acceptors (Lipinski definition) is 5. The number of nitrogens with one attached hydrogen (secondary N) is 2. The first-order valence-corrected chi connectivity index (χ1v) is 7.98. The third kappa shape index (κ3) is 5.33. The lowest BCUT2D eigenvalue weighted by Gasteiger charge is -2.08. The highest BCUT2D eigenvalue weighted by molar-refractivity contribution is 7.80. The molecule has 0 unspecified atom stereocenters. The smallest absolute Gasteiger partial charge is 0.250 e. The molecule has 0 aromatic heterocycles. The summed E-state index contributed by atoms with van der Waals surface area (Å²) in [5.41, 5.74) is 2.00. The number of amides is 1. The number of anilines is 1. The minimum atomic E-state index is -0.370. The summed E-state index contributed by atoms with van der Waals surface area (Å²) in [6.45, 7) is 0. The number of benzene rings is 2. The molecule has 1 amide bonds. The van der Waals surface area contributed by atoms with Crippen molar-refractivity contribution in [3.05, 3.63) is 59.7 Å². The van der Waals surface area contributed by atoms with Crippen LogP contribution in [0, 0.1) is 11.3 Å². The second-order valence-electron chi connectivity index (χ2n) is 5.08. The van der Waals surface area contributed by atoms with Crippen molar-refractivity contribution in [3.63, 3.8) is 0 Å². The molecule has 0 spiro atoms. The van der Waals surface area contributed by atoms with Crippen molar-refractivity contribution >= 4 is 35.0 Å². The van der Waals surface area contributed by atoms with Crippen LogP contribution >= 0.6 is 12.2 Å². The van der Waals surface area contributed by atoms with E-state index in [4.69, 9.17) is 27.0 Å². The predicted octanol–water partition coefficient (Wildman–Crippen LogP) is 3.10. The van der Waals surface area contributed by atoms with Crippen LogP contribution < -0.4 is 20.1 Å². The summed E-state index contributed by atoms with van der Waals surface area (Å²) in [5, 5.41) is 14.4. The number of carbonyl (C=O) groups excluding carboxylic acids is 1. The van der Waals surface area contributed by atoms with Crippen molar-refractivity contribution in [1.82, 2.24) is 5.32 Å². The molecule has 7 heteroatoms. The third-order valence-corrected chi connectivity index (χ3v) is 3.55. The van der Waals surface area contributed by atoms with E-state index < -0.39 is 0 Å². The third-order valence-electron chi connectivity index (χ3n) is 3.34. The number of methoxy groups -OCH3 is 2. The van der Waals surface area contributed by atoms with E-state index in [2.05, 4.69) is 10.6 Å². The molecule has 0 aliphatic carbocycles. The van der Waals surface area contributed by atoms with E-state index in [1.807, 2.05) is 6.07 Å². The van der Waals surface area contributed by atoms with E-state index in [0.29, 0.717) is 22.7 Å². The zero-order valence-electron chi connectivity index (χ0n) is 14.3. The van der Waals surface area contributed by atoms with Crippen LogP contribution in [0.5, 0.6) is 11.5 Å². The molecule has 2 aromatic carbocycles. The Morgan fingerprint density at radius 3 is 2.42 bits per heavy atom. The van der Waals surface area contributed by atoms with E-state index in [1.54, 1.807) is 62.8 Å². The molecule has 26 heavy (non-hydrogen) atoms. The van der Waals surface area contributed by atoms with Gasteiger partial charge in [0.05, 0.1) is 25.9 Å². The summed E-state index contributed by atoms with van der Waals surface area (Å²) in [6.07, 6.45) is 3.01. The Hall–Kier alpha value is -3.37. The molecule has 132 valence electrons. The summed E-state index contributed by atoms with van der Waals surface area (Å²) in [6, 6.07) is 14.1. The van der Waals surface area contributed by atoms with Gasteiger partial charge in [0.2, 0.25) is 5.91 Å². The Bertz CT molecular complexity index is 871. The minimum absolute atomic E-state index is 0.164. The molecule has 0 saturated carbocycles. The van der Waals surface area contributed by atoms with E-state index in [9.17, 15) is 4.79 Å². The first-order chi connectivity index (χ1) is 12.5. The first kappa shape index (κ1) is 19.0. The van der Waals surface area contributed by atoms with Gasteiger partial charge in [-0.15, -0.1) is 0 Å². The number of thiocarbonyl (C=S) groups is 1. The van der Waals surface area contributed by atoms with Crippen LogP contribution in [-0.2, 0) is 4.79 Å². The highest BCUT2D eigenvalue weighted by atomic mass is 32.1. The van der Waals surface area contributed by atoms with E-state index in [-0.39, 0.29) is 11.0 Å². The first-order valence-electron chi connectivity index (χ1n) is 7.58. The van der Waals surface area contributed by atoms with Crippen LogP contribution in [0.4, 0.5) is 5.69 Å². The summed E-state index contributed by atoms with van der Waals surface area (Å²) in [7, 11) is 3.11. The maximum Gasteiger partial charge on any atom is 0.250 e. The number of ether oxygens (including phenoxy) is 2. The average Bonchev–Trinajstić information content (AvgIpc) is 2.66. The van der Waals surface area contributed by atoms with Gasteiger partial charge in [0, 0.05) is 11.8 Å². The zero-order chi connectivity index (χ0) is 18.9. The molecule has 2 N–H and O–H groups in total. The molecule has 0 aliphatic heterocycles. The van der Waals surface area contributed by atoms with Gasteiger partial charge in [-0.1, -0.05) is 6.07 Å². The molecule has 0 heterocycles. The Morgan fingerprint density at radius 2 is 1.81 bits per heavy atom. The van der Waals surface area contributed by atoms with Crippen molar-refractivity contribution in [2.45, 2.75) is 0 Å². The topological polar surface area (TPSA) is 83.4 Å². The quantitative estimate of drug-likeness (QED) is 0.624. The zero-order valence-corrected chi connectivity index (χ0v) is 15.1. The van der Waals surface area contributed by atoms with Gasteiger partial charge in [-0.3, -0.25) is 10.1 Å². The fourth-order valence-electron chi connectivity index (χ4n) is 2.07. The van der Waals surface area contributed by atoms with Gasteiger partial charge in [-0.2, -0.15) is 5.26 Å². The lowest BCUT2D eigenvalue weighted by Crippen LogP contribution is -2.32. The molecule has 6 nitrogen and oxygen atoms in total. The Morgan fingerprint density at radius 1 is 1.12 bits per heavy atom. The second-order valence-corrected chi connectivity index (χ2v) is 5.49. The van der Waals surface area contributed by atoms with Gasteiger partial charge < -0.3 is 14.8 Å². The molecule has 0 aliphatic rings. The molecular formula is C19H17N3O3S. The molecule has 0 atom stereocenters. The van der Waals surface area contributed by atoms with Crippen LogP contribution in [-0.4, -0.2) is 25.2 Å². The minimum Gasteiger partial charge on any atom is -0.493 e. The number of nitrogens with zero attached hydrogens (tertiary/aromatic N) is 1. The lowest BCUT2D eigenvalue weighted by molar-refractivity contribution is -0.115. The fraction of sp³-hybridized carbons (Fsp3) is 0.105. The second kappa shape index (κ2) is 9.20. The predicted molar refractivity (Wildman–Crippen MR) is 104 cm³/mol. The molecule has 0 bridgehead atoms. The molecule has 2 aromatic rings. The highest BCUT2D eigenvalue weighted by Crippen LogP contribution is 2.27. The number of hydrogen-bond donors (Lipinski definition) is 2. The molecule has 0 fully saturated rings. The van der Waals surface area contributed by atoms with Gasteiger partial charge in [0.1, 0.15) is 0 Å². The van der Waals surface area contributed by atoms with Crippen molar-refractivity contribution in [3.8, 4) is 17.6 Å². The van der Waals surface area contributed by atoms with Crippen molar-refractivity contribution in [2.24, 2.45) is 0 Å². The summed E-state index contributed by atoms with van der Waals surface area (Å²) < 4.78 is 10.4. The Kier molecular flexibility index (Phi) is 6.71. The molecule has 2 rings (SSSR count). The summed E-state index contributed by atoms with van der Waals surface area (Å²) in [4.78, 5) is 12.0. The Labute approximate surface area is 157 Å². The largest absolute Gasteiger partial charge is 0.493 e. The summed E-state index contributed by atoms with van der Waals surface area (Å²) >= 11 is 5.10. The number of carbonyl (C=O) groups is 1. The normalized spacial score (nSPS) is 10.0. The molecular weight excluding hydrogens is 350 g/mol. The highest BCUT2D eigenvalue weighted by Gasteiger charge is 2.04. The van der Waals surface area contributed by atoms with Gasteiger partial charge >= 0.3 is 0 Å². The van der Waals surface area contributed by atoms with Gasteiger partial charge in [0.25, 0.3) is 0 Å². The standard InChI is InChI=1S/C19H17N3O3S/c1-24-16-9-5-13(11-17(16)25-2)6-10-18(23)22-19(26)21-15-7-3-14(12-20)4-8-15/h3-11H,1-2H3,(H2,21,22,23,26)/b10-6+. The van der Waals surface area contributed by atoms with Gasteiger partial charge in [-0.05, 0) is 60.3 Å². The lowest BCUT2D eigenvalue weighted by atomic mass is 10.2. The summed E-state index contributed by atoms with van der Waals surface area (Å²) in [5.74, 6) is 0.820. The van der Waals surface area contributed by atoms with Crippen LogP contribution in [0.3, 0.4) is 0 Å². The maximum absolute atomic E-state index is 12.0. The van der Waals surface area contributed by atoms with E-state index in [0.717, 1.165) is 5.56 Å². The van der Waals surface area contributed by atoms with Crippen LogP contribution in [0.25, 0.3) is 6.08 Å². The molecule has 0 saturated heterocycles. The number of rotatable bonds is 5.